The molecular formula is C12H14N6O3. The van der Waals surface area contributed by atoms with E-state index in [0.29, 0.717) is 12.2 Å². The summed E-state index contributed by atoms with van der Waals surface area (Å²) in [5.41, 5.74) is 6.69. The molecule has 0 unspecified atom stereocenters. The molecule has 0 bridgehead atoms. The molecule has 0 aliphatic heterocycles. The summed E-state index contributed by atoms with van der Waals surface area (Å²) in [6.45, 7) is 0.628. The molecule has 110 valence electrons. The van der Waals surface area contributed by atoms with Gasteiger partial charge in [-0.05, 0) is 5.56 Å². The van der Waals surface area contributed by atoms with Crippen molar-refractivity contribution >= 4 is 11.6 Å². The number of aromatic nitrogens is 3. The first-order chi connectivity index (χ1) is 10.1. The Hall–Kier alpha value is -2.81. The molecule has 0 saturated heterocycles. The predicted molar refractivity (Wildman–Crippen MR) is 73.1 cm³/mol. The first kappa shape index (κ1) is 14.6. The third kappa shape index (κ3) is 4.08. The van der Waals surface area contributed by atoms with Crippen molar-refractivity contribution in [1.29, 1.82) is 0 Å². The van der Waals surface area contributed by atoms with Crippen molar-refractivity contribution in [3.63, 3.8) is 0 Å². The largest absolute Gasteiger partial charge is 0.349 e. The number of non-ortho nitro benzene ring substituents is 1. The Morgan fingerprint density at radius 3 is 2.71 bits per heavy atom. The maximum atomic E-state index is 11.0. The molecule has 0 saturated carbocycles. The van der Waals surface area contributed by atoms with Gasteiger partial charge in [0.2, 0.25) is 5.91 Å². The monoisotopic (exact) mass is 290 g/mol. The average molecular weight is 290 g/mol. The van der Waals surface area contributed by atoms with E-state index in [1.54, 1.807) is 23.0 Å². The van der Waals surface area contributed by atoms with Crippen LogP contribution >= 0.6 is 0 Å². The highest BCUT2D eigenvalue weighted by Crippen LogP contribution is 2.12. The van der Waals surface area contributed by atoms with Gasteiger partial charge in [0.25, 0.3) is 5.69 Å². The first-order valence-electron chi connectivity index (χ1n) is 6.17. The summed E-state index contributed by atoms with van der Waals surface area (Å²) in [5, 5.41) is 21.0. The van der Waals surface area contributed by atoms with E-state index in [0.717, 1.165) is 5.56 Å². The molecule has 0 fully saturated rings. The van der Waals surface area contributed by atoms with E-state index in [4.69, 9.17) is 5.73 Å². The van der Waals surface area contributed by atoms with Crippen LogP contribution in [0, 0.1) is 10.1 Å². The number of hydrogen-bond donors (Lipinski definition) is 2. The molecule has 0 spiro atoms. The highest BCUT2D eigenvalue weighted by atomic mass is 16.6. The molecule has 0 atom stereocenters. The molecule has 9 heteroatoms. The van der Waals surface area contributed by atoms with E-state index in [1.165, 1.54) is 12.1 Å². The summed E-state index contributed by atoms with van der Waals surface area (Å²) in [6.07, 6.45) is 1.69. The van der Waals surface area contributed by atoms with E-state index in [9.17, 15) is 14.9 Å². The molecule has 1 amide bonds. The van der Waals surface area contributed by atoms with E-state index in [1.807, 2.05) is 0 Å². The van der Waals surface area contributed by atoms with Gasteiger partial charge in [0, 0.05) is 12.1 Å². The number of nitro groups is 1. The lowest BCUT2D eigenvalue weighted by Gasteiger charge is -2.00. The molecule has 21 heavy (non-hydrogen) atoms. The average Bonchev–Trinajstić information content (AvgIpc) is 2.93. The van der Waals surface area contributed by atoms with Crippen LogP contribution in [0.5, 0.6) is 0 Å². The zero-order valence-corrected chi connectivity index (χ0v) is 11.1. The molecule has 1 heterocycles. The Bertz CT molecular complexity index is 637. The minimum atomic E-state index is -0.447. The van der Waals surface area contributed by atoms with Gasteiger partial charge in [-0.3, -0.25) is 14.9 Å². The fourth-order valence-electron chi connectivity index (χ4n) is 1.67. The molecule has 0 aliphatic carbocycles. The van der Waals surface area contributed by atoms with Gasteiger partial charge < -0.3 is 11.1 Å². The van der Waals surface area contributed by atoms with E-state index in [2.05, 4.69) is 15.6 Å². The number of nitrogens with one attached hydrogen (secondary N) is 1. The van der Waals surface area contributed by atoms with Crippen molar-refractivity contribution in [2.45, 2.75) is 13.1 Å². The molecule has 2 rings (SSSR count). The Morgan fingerprint density at radius 1 is 1.38 bits per heavy atom. The summed E-state index contributed by atoms with van der Waals surface area (Å²) in [6, 6.07) is 6.20. The van der Waals surface area contributed by atoms with Crippen LogP contribution in [0.25, 0.3) is 0 Å². The van der Waals surface area contributed by atoms with Crippen molar-refractivity contribution in [2.75, 3.05) is 6.54 Å². The third-order valence-electron chi connectivity index (χ3n) is 2.73. The lowest BCUT2D eigenvalue weighted by molar-refractivity contribution is -0.384. The minimum Gasteiger partial charge on any atom is -0.349 e. The second kappa shape index (κ2) is 6.57. The minimum absolute atomic E-state index is 0.0440. The summed E-state index contributed by atoms with van der Waals surface area (Å²) >= 11 is 0. The van der Waals surface area contributed by atoms with Gasteiger partial charge in [0.1, 0.15) is 5.69 Å². The number of amides is 1. The van der Waals surface area contributed by atoms with Crippen LogP contribution in [-0.2, 0) is 17.9 Å². The summed E-state index contributed by atoms with van der Waals surface area (Å²) in [7, 11) is 0. The summed E-state index contributed by atoms with van der Waals surface area (Å²) in [4.78, 5) is 21.1. The number of carbonyl (C=O) groups is 1. The Morgan fingerprint density at radius 2 is 2.10 bits per heavy atom. The van der Waals surface area contributed by atoms with Crippen LogP contribution in [-0.4, -0.2) is 32.4 Å². The lowest BCUT2D eigenvalue weighted by Crippen LogP contribution is -2.29. The number of nitro benzene ring substituents is 1. The number of rotatable bonds is 6. The Kier molecular flexibility index (Phi) is 4.57. The van der Waals surface area contributed by atoms with Gasteiger partial charge in [-0.2, -0.15) is 0 Å². The van der Waals surface area contributed by atoms with Gasteiger partial charge >= 0.3 is 0 Å². The Labute approximate surface area is 119 Å². The number of nitrogens with zero attached hydrogens (tertiary/aromatic N) is 4. The molecule has 3 N–H and O–H groups in total. The van der Waals surface area contributed by atoms with E-state index < -0.39 is 4.92 Å². The lowest BCUT2D eigenvalue weighted by atomic mass is 10.2. The van der Waals surface area contributed by atoms with Crippen LogP contribution in [0.4, 0.5) is 5.69 Å². The number of nitrogens with two attached hydrogens (primary N) is 1. The standard InChI is InChI=1S/C12H14N6O3/c13-5-12(19)14-6-10-8-17(16-15-10)7-9-1-3-11(4-2-9)18(20)21/h1-4,8H,5-7,13H2,(H,14,19). The molecule has 1 aromatic carbocycles. The SMILES string of the molecule is NCC(=O)NCc1cn(Cc2ccc([N+](=O)[O-])cc2)nn1. The highest BCUT2D eigenvalue weighted by Gasteiger charge is 2.06. The van der Waals surface area contributed by atoms with E-state index in [-0.39, 0.29) is 24.7 Å². The summed E-state index contributed by atoms with van der Waals surface area (Å²) in [5.74, 6) is -0.264. The molecular weight excluding hydrogens is 276 g/mol. The van der Waals surface area contributed by atoms with Gasteiger partial charge in [-0.1, -0.05) is 17.3 Å². The second-order valence-corrected chi connectivity index (χ2v) is 4.31. The fraction of sp³-hybridized carbons (Fsp3) is 0.250. The molecule has 9 nitrogen and oxygen atoms in total. The van der Waals surface area contributed by atoms with Crippen LogP contribution in [0.1, 0.15) is 11.3 Å². The Balaban J connectivity index is 1.95. The van der Waals surface area contributed by atoms with Crippen LogP contribution in [0.15, 0.2) is 30.5 Å². The quantitative estimate of drug-likeness (QED) is 0.560. The second-order valence-electron chi connectivity index (χ2n) is 4.31. The third-order valence-corrected chi connectivity index (χ3v) is 2.73. The van der Waals surface area contributed by atoms with Crippen LogP contribution in [0.3, 0.4) is 0 Å². The van der Waals surface area contributed by atoms with Crippen molar-refractivity contribution in [3.8, 4) is 0 Å². The highest BCUT2D eigenvalue weighted by molar-refractivity contribution is 5.77. The van der Waals surface area contributed by atoms with Gasteiger partial charge in [-0.25, -0.2) is 4.68 Å². The van der Waals surface area contributed by atoms with E-state index >= 15 is 0 Å². The van der Waals surface area contributed by atoms with Gasteiger partial charge in [0.05, 0.1) is 30.8 Å². The number of carbonyl (C=O) groups excluding carboxylic acids is 1. The fourth-order valence-corrected chi connectivity index (χ4v) is 1.67. The summed E-state index contributed by atoms with van der Waals surface area (Å²) < 4.78 is 1.59. The van der Waals surface area contributed by atoms with Crippen molar-refractivity contribution in [2.24, 2.45) is 5.73 Å². The van der Waals surface area contributed by atoms with Crippen LogP contribution in [0.2, 0.25) is 0 Å². The maximum Gasteiger partial charge on any atom is 0.269 e. The molecule has 1 aromatic heterocycles. The van der Waals surface area contributed by atoms with Crippen molar-refractivity contribution < 1.29 is 9.72 Å². The predicted octanol–water partition coefficient (Wildman–Crippen LogP) is -0.190. The molecule has 0 radical (unpaired) electrons. The first-order valence-corrected chi connectivity index (χ1v) is 6.17. The zero-order valence-electron chi connectivity index (χ0n) is 11.1. The number of benzene rings is 1. The van der Waals surface area contributed by atoms with Gasteiger partial charge in [-0.15, -0.1) is 5.10 Å². The smallest absolute Gasteiger partial charge is 0.269 e. The molecule has 0 aliphatic rings. The maximum absolute atomic E-state index is 11.0. The normalized spacial score (nSPS) is 10.3. The number of hydrogen-bond acceptors (Lipinski definition) is 6. The molecule has 2 aromatic rings. The zero-order chi connectivity index (χ0) is 15.2. The topological polar surface area (TPSA) is 129 Å². The van der Waals surface area contributed by atoms with Crippen LogP contribution < -0.4 is 11.1 Å². The van der Waals surface area contributed by atoms with Gasteiger partial charge in [0.15, 0.2) is 0 Å². The van der Waals surface area contributed by atoms with Crippen molar-refractivity contribution in [3.05, 3.63) is 51.8 Å². The van der Waals surface area contributed by atoms with Crippen molar-refractivity contribution in [1.82, 2.24) is 20.3 Å².